The monoisotopic (exact) mass is 422 g/mol. The molecular weight excluding hydrogens is 412 g/mol. The molecule has 0 atom stereocenters. The molecule has 0 aliphatic rings. The zero-order chi connectivity index (χ0) is 14.9. The number of hydrogen-bond acceptors (Lipinski definition) is 4. The lowest BCUT2D eigenvalue weighted by Gasteiger charge is -2.11. The lowest BCUT2D eigenvalue weighted by molar-refractivity contribution is 0.494. The molecule has 20 heavy (non-hydrogen) atoms. The molecule has 8 heteroatoms. The summed E-state index contributed by atoms with van der Waals surface area (Å²) < 4.78 is 29.8. The van der Waals surface area contributed by atoms with Gasteiger partial charge in [-0.25, -0.2) is 13.6 Å². The average molecular weight is 424 g/mol. The van der Waals surface area contributed by atoms with Gasteiger partial charge in [-0.05, 0) is 62.5 Å². The van der Waals surface area contributed by atoms with Crippen LogP contribution < -0.4 is 10.5 Å². The predicted octanol–water partition coefficient (Wildman–Crippen LogP) is 3.37. The summed E-state index contributed by atoms with van der Waals surface area (Å²) in [4.78, 5) is 0.115. The van der Waals surface area contributed by atoms with Crippen molar-refractivity contribution in [3.05, 3.63) is 44.7 Å². The third kappa shape index (κ3) is 3.43. The van der Waals surface area contributed by atoms with Crippen molar-refractivity contribution in [3.63, 3.8) is 0 Å². The Morgan fingerprint density at radius 3 is 2.60 bits per heavy atom. The molecule has 0 radical (unpaired) electrons. The van der Waals surface area contributed by atoms with Crippen molar-refractivity contribution in [1.29, 1.82) is 0 Å². The molecule has 0 aliphatic carbocycles. The highest BCUT2D eigenvalue weighted by atomic mass is 79.9. The van der Waals surface area contributed by atoms with E-state index in [9.17, 15) is 8.42 Å². The summed E-state index contributed by atoms with van der Waals surface area (Å²) in [5, 5.41) is 8.30. The molecule has 0 fully saturated rings. The number of rotatable bonds is 4. The number of anilines is 1. The maximum atomic E-state index is 11.4. The number of nitrogens with two attached hydrogens (primary N) is 1. The zero-order valence-corrected chi connectivity index (χ0v) is 14.5. The van der Waals surface area contributed by atoms with Crippen LogP contribution in [0.2, 0.25) is 0 Å². The first-order chi connectivity index (χ1) is 9.29. The van der Waals surface area contributed by atoms with E-state index in [-0.39, 0.29) is 4.90 Å². The Bertz CT molecular complexity index is 722. The number of primary sulfonamides is 1. The van der Waals surface area contributed by atoms with E-state index in [0.717, 1.165) is 4.47 Å². The quantitative estimate of drug-likeness (QED) is 0.789. The average Bonchev–Trinajstić information content (AvgIpc) is 2.66. The molecule has 0 aliphatic heterocycles. The first-order valence-electron chi connectivity index (χ1n) is 5.59. The van der Waals surface area contributed by atoms with E-state index < -0.39 is 10.0 Å². The Kier molecular flexibility index (Phi) is 4.58. The molecule has 0 saturated carbocycles. The molecule has 1 aromatic carbocycles. The highest BCUT2D eigenvalue weighted by Gasteiger charge is 2.14. The van der Waals surface area contributed by atoms with Crippen molar-refractivity contribution in [3.8, 4) is 0 Å². The maximum Gasteiger partial charge on any atom is 0.238 e. The van der Waals surface area contributed by atoms with Gasteiger partial charge >= 0.3 is 0 Å². The third-order valence-electron chi connectivity index (χ3n) is 2.74. The summed E-state index contributed by atoms with van der Waals surface area (Å²) in [5.41, 5.74) is 1.28. The highest BCUT2D eigenvalue weighted by Crippen LogP contribution is 2.28. The molecule has 0 amide bonds. The molecule has 0 saturated heterocycles. The van der Waals surface area contributed by atoms with E-state index in [0.29, 0.717) is 28.2 Å². The second-order valence-corrected chi connectivity index (χ2v) is 7.27. The number of furan rings is 1. The van der Waals surface area contributed by atoms with E-state index in [1.807, 2.05) is 6.07 Å². The van der Waals surface area contributed by atoms with Crippen molar-refractivity contribution in [2.75, 3.05) is 5.32 Å². The first kappa shape index (κ1) is 15.6. The number of nitrogens with one attached hydrogen (secondary N) is 1. The molecule has 2 aromatic rings. The van der Waals surface area contributed by atoms with Crippen molar-refractivity contribution in [2.45, 2.75) is 18.4 Å². The van der Waals surface area contributed by atoms with Gasteiger partial charge in [0.25, 0.3) is 0 Å². The van der Waals surface area contributed by atoms with Gasteiger partial charge in [-0.2, -0.15) is 0 Å². The Labute approximate surface area is 133 Å². The predicted molar refractivity (Wildman–Crippen MR) is 84.0 cm³/mol. The van der Waals surface area contributed by atoms with Crippen LogP contribution in [0.1, 0.15) is 11.3 Å². The second kappa shape index (κ2) is 5.88. The van der Waals surface area contributed by atoms with Crippen LogP contribution in [0.4, 0.5) is 5.69 Å². The fraction of sp³-hybridized carbons (Fsp3) is 0.167. The molecule has 108 valence electrons. The lowest BCUT2D eigenvalue weighted by atomic mass is 10.2. The van der Waals surface area contributed by atoms with Gasteiger partial charge in [-0.1, -0.05) is 6.07 Å². The fourth-order valence-electron chi connectivity index (χ4n) is 1.78. The summed E-state index contributed by atoms with van der Waals surface area (Å²) in [7, 11) is -3.72. The van der Waals surface area contributed by atoms with Crippen LogP contribution in [0.3, 0.4) is 0 Å². The summed E-state index contributed by atoms with van der Waals surface area (Å²) in [6, 6.07) is 6.74. The minimum absolute atomic E-state index is 0.115. The molecule has 0 spiro atoms. The van der Waals surface area contributed by atoms with Gasteiger partial charge in [0, 0.05) is 5.69 Å². The van der Waals surface area contributed by atoms with Gasteiger partial charge in [0.1, 0.15) is 5.76 Å². The van der Waals surface area contributed by atoms with Crippen LogP contribution in [0.5, 0.6) is 0 Å². The Balaban J connectivity index is 2.22. The minimum atomic E-state index is -3.72. The van der Waals surface area contributed by atoms with Crippen LogP contribution in [0.25, 0.3) is 0 Å². The normalized spacial score (nSPS) is 11.6. The molecule has 5 nitrogen and oxygen atoms in total. The van der Waals surface area contributed by atoms with Crippen molar-refractivity contribution in [1.82, 2.24) is 0 Å². The molecule has 1 heterocycles. The molecule has 1 aromatic heterocycles. The lowest BCUT2D eigenvalue weighted by Crippen LogP contribution is -2.14. The van der Waals surface area contributed by atoms with Gasteiger partial charge in [-0.3, -0.25) is 0 Å². The third-order valence-corrected chi connectivity index (χ3v) is 5.51. The summed E-state index contributed by atoms with van der Waals surface area (Å²) in [6.07, 6.45) is 0. The largest absolute Gasteiger partial charge is 0.451 e. The summed E-state index contributed by atoms with van der Waals surface area (Å²) in [6.45, 7) is 2.13. The topological polar surface area (TPSA) is 85.3 Å². The van der Waals surface area contributed by atoms with Crippen LogP contribution >= 0.6 is 31.9 Å². The number of halogens is 2. The maximum absolute atomic E-state index is 11.4. The SMILES string of the molecule is Cc1c(NCc2cc(Br)c(Br)o2)cccc1S(N)(=O)=O. The minimum Gasteiger partial charge on any atom is -0.451 e. The van der Waals surface area contributed by atoms with E-state index in [2.05, 4.69) is 37.2 Å². The zero-order valence-electron chi connectivity index (χ0n) is 10.5. The fourth-order valence-corrected chi connectivity index (χ4v) is 3.24. The highest BCUT2D eigenvalue weighted by molar-refractivity contribution is 9.13. The van der Waals surface area contributed by atoms with Gasteiger partial charge in [-0.15, -0.1) is 0 Å². The van der Waals surface area contributed by atoms with Gasteiger partial charge in [0.15, 0.2) is 4.67 Å². The Morgan fingerprint density at radius 2 is 2.05 bits per heavy atom. The Morgan fingerprint density at radius 1 is 1.35 bits per heavy atom. The molecule has 3 N–H and O–H groups in total. The van der Waals surface area contributed by atoms with Crippen LogP contribution in [-0.2, 0) is 16.6 Å². The molecule has 2 rings (SSSR count). The van der Waals surface area contributed by atoms with E-state index in [1.165, 1.54) is 6.07 Å². The number of benzene rings is 1. The second-order valence-electron chi connectivity index (χ2n) is 4.16. The standard InChI is InChI=1S/C12H12Br2N2O3S/c1-7-10(3-2-4-11(7)20(15,17)18)16-6-8-5-9(13)12(14)19-8/h2-5,16H,6H2,1H3,(H2,15,17,18). The summed E-state index contributed by atoms with van der Waals surface area (Å²) in [5.74, 6) is 0.712. The Hall–Kier alpha value is -0.830. The number of sulfonamides is 1. The number of hydrogen-bond donors (Lipinski definition) is 2. The van der Waals surface area contributed by atoms with Crippen LogP contribution in [0.15, 0.2) is 42.7 Å². The molecule has 0 unspecified atom stereocenters. The van der Waals surface area contributed by atoms with E-state index >= 15 is 0 Å². The first-order valence-corrected chi connectivity index (χ1v) is 8.72. The van der Waals surface area contributed by atoms with Gasteiger partial charge in [0.05, 0.1) is 15.9 Å². The van der Waals surface area contributed by atoms with Crippen molar-refractivity contribution < 1.29 is 12.8 Å². The van der Waals surface area contributed by atoms with Gasteiger partial charge < -0.3 is 9.73 Å². The van der Waals surface area contributed by atoms with E-state index in [1.54, 1.807) is 19.1 Å². The van der Waals surface area contributed by atoms with E-state index in [4.69, 9.17) is 9.56 Å². The summed E-state index contributed by atoms with van der Waals surface area (Å²) >= 11 is 6.59. The smallest absolute Gasteiger partial charge is 0.238 e. The van der Waals surface area contributed by atoms with Crippen LogP contribution in [0, 0.1) is 6.92 Å². The molecule has 0 bridgehead atoms. The van der Waals surface area contributed by atoms with Gasteiger partial charge in [0.2, 0.25) is 10.0 Å². The van der Waals surface area contributed by atoms with Crippen molar-refractivity contribution >= 4 is 47.6 Å². The van der Waals surface area contributed by atoms with Crippen molar-refractivity contribution in [2.24, 2.45) is 5.14 Å². The molecular formula is C12H12Br2N2O3S. The van der Waals surface area contributed by atoms with Crippen LogP contribution in [-0.4, -0.2) is 8.42 Å².